The fourth-order valence-corrected chi connectivity index (χ4v) is 2.11. The second-order valence-electron chi connectivity index (χ2n) is 4.59. The molecule has 0 radical (unpaired) electrons. The third-order valence-electron chi connectivity index (χ3n) is 3.19. The maximum absolute atomic E-state index is 10.8. The predicted molar refractivity (Wildman–Crippen MR) is 62.8 cm³/mol. The van der Waals surface area contributed by atoms with Gasteiger partial charge in [-0.3, -0.25) is 4.79 Å². The predicted octanol–water partition coefficient (Wildman–Crippen LogP) is -0.631. The highest BCUT2D eigenvalue weighted by atomic mass is 16.4. The van der Waals surface area contributed by atoms with Crippen molar-refractivity contribution in [1.29, 1.82) is 0 Å². The van der Waals surface area contributed by atoms with Crippen molar-refractivity contribution in [3.05, 3.63) is 18.2 Å². The third kappa shape index (κ3) is 2.83. The lowest BCUT2D eigenvalue weighted by Gasteiger charge is -2.42. The topological polar surface area (TPSA) is 79.2 Å². The number of carbonyl (C=O) groups is 1. The van der Waals surface area contributed by atoms with E-state index < -0.39 is 5.97 Å². The van der Waals surface area contributed by atoms with E-state index in [1.807, 2.05) is 17.8 Å². The Bertz CT molecular complexity index is 398. The summed E-state index contributed by atoms with van der Waals surface area (Å²) in [6, 6.07) is 0. The number of aromatic nitrogens is 2. The van der Waals surface area contributed by atoms with Crippen LogP contribution in [0, 0.1) is 0 Å². The number of rotatable bonds is 6. The summed E-state index contributed by atoms with van der Waals surface area (Å²) in [6.45, 7) is 2.19. The average molecular weight is 238 g/mol. The highest BCUT2D eigenvalue weighted by molar-refractivity contribution is 5.68. The Morgan fingerprint density at radius 3 is 2.94 bits per heavy atom. The van der Waals surface area contributed by atoms with Gasteiger partial charge < -0.3 is 20.3 Å². The largest absolute Gasteiger partial charge is 0.481 e. The maximum Gasteiger partial charge on any atom is 0.305 e. The van der Waals surface area contributed by atoms with E-state index in [4.69, 9.17) is 5.11 Å². The van der Waals surface area contributed by atoms with Crippen molar-refractivity contribution in [3.63, 3.8) is 0 Å². The smallest absolute Gasteiger partial charge is 0.305 e. The van der Waals surface area contributed by atoms with E-state index in [1.54, 1.807) is 6.20 Å². The Morgan fingerprint density at radius 2 is 2.47 bits per heavy atom. The van der Waals surface area contributed by atoms with E-state index in [9.17, 15) is 4.79 Å². The molecule has 6 nitrogen and oxygen atoms in total. The zero-order valence-electron chi connectivity index (χ0n) is 9.94. The van der Waals surface area contributed by atoms with Crippen molar-refractivity contribution < 1.29 is 9.90 Å². The zero-order valence-corrected chi connectivity index (χ0v) is 9.94. The molecule has 0 unspecified atom stereocenters. The summed E-state index contributed by atoms with van der Waals surface area (Å²) < 4.78 is 1.98. The van der Waals surface area contributed by atoms with Crippen molar-refractivity contribution in [2.45, 2.75) is 18.4 Å². The molecule has 1 fully saturated rings. The van der Waals surface area contributed by atoms with Gasteiger partial charge in [0.1, 0.15) is 5.82 Å². The maximum atomic E-state index is 10.8. The van der Waals surface area contributed by atoms with Crippen LogP contribution < -0.4 is 10.6 Å². The van der Waals surface area contributed by atoms with Gasteiger partial charge in [0.25, 0.3) is 0 Å². The SMILES string of the molecule is Cn1ccnc1CCNC1(CC(=O)O)CNC1. The van der Waals surface area contributed by atoms with Crippen LogP contribution in [-0.4, -0.2) is 45.8 Å². The highest BCUT2D eigenvalue weighted by Gasteiger charge is 2.38. The van der Waals surface area contributed by atoms with Gasteiger partial charge in [0, 0.05) is 45.5 Å². The number of carboxylic acid groups (broad SMARTS) is 1. The lowest BCUT2D eigenvalue weighted by atomic mass is 9.88. The van der Waals surface area contributed by atoms with Crippen LogP contribution in [0.5, 0.6) is 0 Å². The Labute approximate surface area is 100 Å². The molecule has 1 aromatic heterocycles. The van der Waals surface area contributed by atoms with Crippen molar-refractivity contribution in [1.82, 2.24) is 20.2 Å². The number of nitrogens with zero attached hydrogens (tertiary/aromatic N) is 2. The minimum absolute atomic E-state index is 0.167. The molecule has 0 saturated carbocycles. The lowest BCUT2D eigenvalue weighted by molar-refractivity contribution is -0.139. The molecule has 0 amide bonds. The molecule has 94 valence electrons. The Hall–Kier alpha value is -1.40. The molecule has 2 rings (SSSR count). The molecule has 6 heteroatoms. The minimum atomic E-state index is -0.754. The van der Waals surface area contributed by atoms with E-state index in [0.717, 1.165) is 31.9 Å². The monoisotopic (exact) mass is 238 g/mol. The normalized spacial score (nSPS) is 17.7. The second kappa shape index (κ2) is 4.85. The number of hydrogen-bond acceptors (Lipinski definition) is 4. The van der Waals surface area contributed by atoms with Crippen LogP contribution >= 0.6 is 0 Å². The molecule has 0 bridgehead atoms. The molecule has 0 spiro atoms. The van der Waals surface area contributed by atoms with Crippen LogP contribution in [0.15, 0.2) is 12.4 Å². The van der Waals surface area contributed by atoms with Crippen molar-refractivity contribution in [2.24, 2.45) is 7.05 Å². The first-order valence-corrected chi connectivity index (χ1v) is 5.75. The summed E-state index contributed by atoms with van der Waals surface area (Å²) in [7, 11) is 1.96. The molecule has 0 aliphatic carbocycles. The van der Waals surface area contributed by atoms with Gasteiger partial charge in [0.2, 0.25) is 0 Å². The van der Waals surface area contributed by atoms with Crippen LogP contribution in [0.3, 0.4) is 0 Å². The molecule has 17 heavy (non-hydrogen) atoms. The van der Waals surface area contributed by atoms with Crippen LogP contribution in [0.1, 0.15) is 12.2 Å². The van der Waals surface area contributed by atoms with Gasteiger partial charge >= 0.3 is 5.97 Å². The molecule has 1 saturated heterocycles. The van der Waals surface area contributed by atoms with Crippen LogP contribution in [0.4, 0.5) is 0 Å². The molecule has 0 aromatic carbocycles. The molecule has 1 aromatic rings. The number of nitrogens with one attached hydrogen (secondary N) is 2. The average Bonchev–Trinajstić information content (AvgIpc) is 2.60. The number of aryl methyl sites for hydroxylation is 1. The van der Waals surface area contributed by atoms with E-state index >= 15 is 0 Å². The first-order valence-electron chi connectivity index (χ1n) is 5.75. The van der Waals surface area contributed by atoms with Crippen molar-refractivity contribution >= 4 is 5.97 Å². The lowest BCUT2D eigenvalue weighted by Crippen LogP contribution is -2.68. The number of imidazole rings is 1. The molecular formula is C11H18N4O2. The zero-order chi connectivity index (χ0) is 12.3. The number of carboxylic acids is 1. The summed E-state index contributed by atoms with van der Waals surface area (Å²) in [4.78, 5) is 15.0. The van der Waals surface area contributed by atoms with Crippen molar-refractivity contribution in [2.75, 3.05) is 19.6 Å². The quantitative estimate of drug-likeness (QED) is 0.615. The molecule has 0 atom stereocenters. The van der Waals surface area contributed by atoms with Crippen LogP contribution in [-0.2, 0) is 18.3 Å². The highest BCUT2D eigenvalue weighted by Crippen LogP contribution is 2.15. The molecule has 1 aliphatic rings. The molecular weight excluding hydrogens is 220 g/mol. The van der Waals surface area contributed by atoms with Gasteiger partial charge in [0.05, 0.1) is 12.0 Å². The first kappa shape index (κ1) is 12.1. The molecule has 1 aliphatic heterocycles. The van der Waals surface area contributed by atoms with E-state index in [1.165, 1.54) is 0 Å². The summed E-state index contributed by atoms with van der Waals surface area (Å²) in [6.07, 6.45) is 4.66. The van der Waals surface area contributed by atoms with E-state index in [0.29, 0.717) is 0 Å². The summed E-state index contributed by atoms with van der Waals surface area (Å²) in [5, 5.41) is 15.3. The molecule has 2 heterocycles. The Morgan fingerprint density at radius 1 is 1.71 bits per heavy atom. The third-order valence-corrected chi connectivity index (χ3v) is 3.19. The van der Waals surface area contributed by atoms with Crippen LogP contribution in [0.2, 0.25) is 0 Å². The number of aliphatic carboxylic acids is 1. The standard InChI is InChI=1S/C11H18N4O2/c1-15-5-4-13-9(15)2-3-14-11(6-10(16)17)7-12-8-11/h4-5,12,14H,2-3,6-8H2,1H3,(H,16,17). The Balaban J connectivity index is 1.81. The Kier molecular flexibility index (Phi) is 3.44. The fraction of sp³-hybridized carbons (Fsp3) is 0.636. The van der Waals surface area contributed by atoms with Crippen LogP contribution in [0.25, 0.3) is 0 Å². The summed E-state index contributed by atoms with van der Waals surface area (Å²) in [5.41, 5.74) is -0.267. The van der Waals surface area contributed by atoms with Gasteiger partial charge in [-0.15, -0.1) is 0 Å². The van der Waals surface area contributed by atoms with Gasteiger partial charge in [0.15, 0.2) is 0 Å². The van der Waals surface area contributed by atoms with Gasteiger partial charge in [-0.1, -0.05) is 0 Å². The second-order valence-corrected chi connectivity index (χ2v) is 4.59. The van der Waals surface area contributed by atoms with Gasteiger partial charge in [-0.2, -0.15) is 0 Å². The fourth-order valence-electron chi connectivity index (χ4n) is 2.11. The van der Waals surface area contributed by atoms with E-state index in [2.05, 4.69) is 15.6 Å². The summed E-state index contributed by atoms with van der Waals surface area (Å²) in [5.74, 6) is 0.256. The summed E-state index contributed by atoms with van der Waals surface area (Å²) >= 11 is 0. The van der Waals surface area contributed by atoms with E-state index in [-0.39, 0.29) is 12.0 Å². The van der Waals surface area contributed by atoms with Crippen molar-refractivity contribution in [3.8, 4) is 0 Å². The number of hydrogen-bond donors (Lipinski definition) is 3. The molecule has 3 N–H and O–H groups in total. The first-order chi connectivity index (χ1) is 8.11. The van der Waals surface area contributed by atoms with Gasteiger partial charge in [-0.05, 0) is 0 Å². The van der Waals surface area contributed by atoms with Gasteiger partial charge in [-0.25, -0.2) is 4.98 Å². The minimum Gasteiger partial charge on any atom is -0.481 e.